The molecule has 2 heterocycles. The molecule has 2 amide bonds. The quantitative estimate of drug-likeness (QED) is 0.666. The molecular weight excluding hydrogens is 415 g/mol. The molecule has 0 radical (unpaired) electrons. The highest BCUT2D eigenvalue weighted by molar-refractivity contribution is 5.90. The van der Waals surface area contributed by atoms with Gasteiger partial charge in [0.2, 0.25) is 5.91 Å². The van der Waals surface area contributed by atoms with Gasteiger partial charge in [-0.3, -0.25) is 9.69 Å². The second-order valence-corrected chi connectivity index (χ2v) is 7.83. The molecule has 1 aromatic rings. The summed E-state index contributed by atoms with van der Waals surface area (Å²) in [4.78, 5) is 27.6. The third-order valence-corrected chi connectivity index (χ3v) is 5.03. The van der Waals surface area contributed by atoms with Crippen molar-refractivity contribution in [1.29, 1.82) is 0 Å². The van der Waals surface area contributed by atoms with Gasteiger partial charge in [-0.05, 0) is 30.5 Å². The van der Waals surface area contributed by atoms with Crippen LogP contribution in [0.2, 0.25) is 0 Å². The number of cyclic esters (lactones) is 1. The lowest BCUT2D eigenvalue weighted by Crippen LogP contribution is -2.44. The van der Waals surface area contributed by atoms with Crippen molar-refractivity contribution in [2.24, 2.45) is 11.7 Å². The van der Waals surface area contributed by atoms with E-state index < -0.39 is 24.1 Å². The molecule has 30 heavy (non-hydrogen) atoms. The van der Waals surface area contributed by atoms with Crippen molar-refractivity contribution in [1.82, 2.24) is 5.32 Å². The van der Waals surface area contributed by atoms with Crippen LogP contribution in [0.1, 0.15) is 20.3 Å². The lowest BCUT2D eigenvalue weighted by molar-refractivity contribution is -0.123. The Balaban J connectivity index is 0.00000320. The number of rotatable bonds is 7. The number of hydrogen-bond acceptors (Lipinski definition) is 6. The van der Waals surface area contributed by atoms with Gasteiger partial charge in [-0.1, -0.05) is 13.8 Å². The summed E-state index contributed by atoms with van der Waals surface area (Å²) in [7, 11) is 0. The Morgan fingerprint density at radius 3 is 2.67 bits per heavy atom. The van der Waals surface area contributed by atoms with E-state index in [-0.39, 0.29) is 31.4 Å². The summed E-state index contributed by atoms with van der Waals surface area (Å²) >= 11 is 0. The molecule has 168 valence electrons. The SMILES string of the molecule is CC(C)CC(N)C(=O)NC[C@H]1CN(c2ccc(N3CCOCC3)c(F)c2)C(=O)O1.Cl. The van der Waals surface area contributed by atoms with Crippen LogP contribution in [0.5, 0.6) is 0 Å². The molecule has 0 bridgehead atoms. The van der Waals surface area contributed by atoms with Gasteiger partial charge in [-0.15, -0.1) is 12.4 Å². The first kappa shape index (κ1) is 24.2. The van der Waals surface area contributed by atoms with Crippen LogP contribution in [0, 0.1) is 11.7 Å². The number of morpholine rings is 1. The molecule has 1 unspecified atom stereocenters. The molecule has 3 rings (SSSR count). The monoisotopic (exact) mass is 444 g/mol. The molecule has 0 saturated carbocycles. The molecule has 10 heteroatoms. The number of ether oxygens (including phenoxy) is 2. The van der Waals surface area contributed by atoms with E-state index in [1.165, 1.54) is 11.0 Å². The van der Waals surface area contributed by atoms with Crippen molar-refractivity contribution in [3.05, 3.63) is 24.0 Å². The molecule has 3 N–H and O–H groups in total. The van der Waals surface area contributed by atoms with Gasteiger partial charge in [-0.25, -0.2) is 9.18 Å². The van der Waals surface area contributed by atoms with Crippen molar-refractivity contribution in [3.8, 4) is 0 Å². The Morgan fingerprint density at radius 2 is 2.03 bits per heavy atom. The van der Waals surface area contributed by atoms with E-state index >= 15 is 0 Å². The number of nitrogens with one attached hydrogen (secondary N) is 1. The van der Waals surface area contributed by atoms with Crippen molar-refractivity contribution in [3.63, 3.8) is 0 Å². The average molecular weight is 445 g/mol. The van der Waals surface area contributed by atoms with E-state index in [9.17, 15) is 14.0 Å². The third kappa shape index (κ3) is 5.96. The van der Waals surface area contributed by atoms with Gasteiger partial charge in [0.15, 0.2) is 0 Å². The van der Waals surface area contributed by atoms with Gasteiger partial charge >= 0.3 is 6.09 Å². The third-order valence-electron chi connectivity index (χ3n) is 5.03. The van der Waals surface area contributed by atoms with Gasteiger partial charge in [0, 0.05) is 13.1 Å². The molecule has 2 saturated heterocycles. The zero-order valence-corrected chi connectivity index (χ0v) is 18.1. The summed E-state index contributed by atoms with van der Waals surface area (Å²) in [5, 5.41) is 2.73. The Kier molecular flexibility index (Phi) is 8.69. The number of nitrogens with two attached hydrogens (primary N) is 1. The minimum absolute atomic E-state index is 0. The van der Waals surface area contributed by atoms with Crippen LogP contribution >= 0.6 is 12.4 Å². The van der Waals surface area contributed by atoms with Gasteiger partial charge < -0.3 is 25.4 Å². The van der Waals surface area contributed by atoms with Crippen molar-refractivity contribution < 1.29 is 23.5 Å². The second kappa shape index (κ2) is 10.8. The van der Waals surface area contributed by atoms with Crippen LogP contribution in [-0.4, -0.2) is 63.5 Å². The van der Waals surface area contributed by atoms with E-state index in [1.54, 1.807) is 12.1 Å². The van der Waals surface area contributed by atoms with Crippen molar-refractivity contribution in [2.45, 2.75) is 32.4 Å². The smallest absolute Gasteiger partial charge is 0.414 e. The van der Waals surface area contributed by atoms with Crippen molar-refractivity contribution >= 4 is 35.8 Å². The number of halogens is 2. The average Bonchev–Trinajstić information content (AvgIpc) is 3.06. The fourth-order valence-electron chi connectivity index (χ4n) is 3.52. The topological polar surface area (TPSA) is 97.1 Å². The zero-order chi connectivity index (χ0) is 21.0. The molecule has 0 aliphatic carbocycles. The summed E-state index contributed by atoms with van der Waals surface area (Å²) < 4.78 is 25.2. The minimum atomic E-state index is -0.593. The molecule has 0 spiro atoms. The summed E-state index contributed by atoms with van der Waals surface area (Å²) in [6.07, 6.45) is -0.495. The van der Waals surface area contributed by atoms with Crippen LogP contribution in [0.25, 0.3) is 0 Å². The first-order chi connectivity index (χ1) is 13.8. The number of anilines is 2. The Hall–Kier alpha value is -2.10. The number of benzene rings is 1. The fourth-order valence-corrected chi connectivity index (χ4v) is 3.52. The Bertz CT molecular complexity index is 746. The van der Waals surface area contributed by atoms with Gasteiger partial charge in [0.05, 0.1) is 43.7 Å². The molecular formula is C20H30ClFN4O4. The maximum atomic E-state index is 14.6. The predicted octanol–water partition coefficient (Wildman–Crippen LogP) is 1.90. The Morgan fingerprint density at radius 1 is 1.33 bits per heavy atom. The first-order valence-corrected chi connectivity index (χ1v) is 9.99. The van der Waals surface area contributed by atoms with Crippen LogP contribution in [0.4, 0.5) is 20.6 Å². The second-order valence-electron chi connectivity index (χ2n) is 7.83. The van der Waals surface area contributed by atoms with Crippen LogP contribution in [0.15, 0.2) is 18.2 Å². The Labute approximate surface area is 182 Å². The molecule has 2 fully saturated rings. The molecule has 8 nitrogen and oxygen atoms in total. The maximum absolute atomic E-state index is 14.6. The van der Waals surface area contributed by atoms with Crippen molar-refractivity contribution in [2.75, 3.05) is 49.2 Å². The van der Waals surface area contributed by atoms with Gasteiger partial charge in [0.25, 0.3) is 0 Å². The first-order valence-electron chi connectivity index (χ1n) is 9.99. The minimum Gasteiger partial charge on any atom is -0.442 e. The van der Waals surface area contributed by atoms with E-state index in [1.807, 2.05) is 18.7 Å². The zero-order valence-electron chi connectivity index (χ0n) is 17.3. The van der Waals surface area contributed by atoms with E-state index in [2.05, 4.69) is 5.32 Å². The highest BCUT2D eigenvalue weighted by atomic mass is 35.5. The summed E-state index contributed by atoms with van der Waals surface area (Å²) in [6, 6.07) is 4.12. The largest absolute Gasteiger partial charge is 0.442 e. The highest BCUT2D eigenvalue weighted by Gasteiger charge is 2.33. The lowest BCUT2D eigenvalue weighted by atomic mass is 10.0. The molecule has 1 aromatic carbocycles. The lowest BCUT2D eigenvalue weighted by Gasteiger charge is -2.29. The van der Waals surface area contributed by atoms with Gasteiger partial charge in [-0.2, -0.15) is 0 Å². The summed E-state index contributed by atoms with van der Waals surface area (Å²) in [5.41, 5.74) is 6.78. The van der Waals surface area contributed by atoms with Crippen LogP contribution in [-0.2, 0) is 14.3 Å². The number of amides is 2. The summed E-state index contributed by atoms with van der Waals surface area (Å²) in [6.45, 7) is 6.77. The maximum Gasteiger partial charge on any atom is 0.414 e. The highest BCUT2D eigenvalue weighted by Crippen LogP contribution is 2.28. The van der Waals surface area contributed by atoms with Gasteiger partial charge in [0.1, 0.15) is 11.9 Å². The predicted molar refractivity (Wildman–Crippen MR) is 115 cm³/mol. The number of nitrogens with zero attached hydrogens (tertiary/aromatic N) is 2. The summed E-state index contributed by atoms with van der Waals surface area (Å²) in [5.74, 6) is -0.353. The molecule has 2 atom stereocenters. The number of carbonyl (C=O) groups is 2. The fraction of sp³-hybridized carbons (Fsp3) is 0.600. The van der Waals surface area contributed by atoms with E-state index in [0.717, 1.165) is 0 Å². The number of hydrogen-bond donors (Lipinski definition) is 2. The molecule has 2 aliphatic rings. The number of carbonyl (C=O) groups excluding carboxylic acids is 2. The normalized spacial score (nSPS) is 20.0. The van der Waals surface area contributed by atoms with Crippen LogP contribution in [0.3, 0.4) is 0 Å². The van der Waals surface area contributed by atoms with E-state index in [4.69, 9.17) is 15.2 Å². The molecule has 2 aliphatic heterocycles. The molecule has 0 aromatic heterocycles. The van der Waals surface area contributed by atoms with E-state index in [0.29, 0.717) is 50.0 Å². The standard InChI is InChI=1S/C20H29FN4O4.ClH/c1-13(2)9-17(22)19(26)23-11-15-12-25(20(27)29-15)14-3-4-18(16(21)10-14)24-5-7-28-8-6-24;/h3-4,10,13,15,17H,5-9,11-12,22H2,1-2H3,(H,23,26);1H/t15-,17?;/m0./s1. The van der Waals surface area contributed by atoms with Crippen LogP contribution < -0.4 is 20.9 Å².